The molecule has 0 spiro atoms. The van der Waals surface area contributed by atoms with Gasteiger partial charge in [-0.05, 0) is 12.5 Å². The van der Waals surface area contributed by atoms with Gasteiger partial charge in [0.15, 0.2) is 5.82 Å². The molecule has 0 radical (unpaired) electrons. The molecule has 0 aliphatic heterocycles. The summed E-state index contributed by atoms with van der Waals surface area (Å²) in [7, 11) is 0. The van der Waals surface area contributed by atoms with E-state index in [-0.39, 0.29) is 0 Å². The first-order valence-electron chi connectivity index (χ1n) is 8.37. The second-order valence-corrected chi connectivity index (χ2v) is 5.62. The maximum absolute atomic E-state index is 5.18. The fraction of sp³-hybridized carbons (Fsp3) is 0.150. The van der Waals surface area contributed by atoms with E-state index in [9.17, 15) is 0 Å². The Balaban J connectivity index is 1.79. The van der Waals surface area contributed by atoms with E-state index in [2.05, 4.69) is 33.4 Å². The van der Waals surface area contributed by atoms with E-state index in [1.807, 2.05) is 35.3 Å². The lowest BCUT2D eigenvalue weighted by atomic mass is 10.2. The Morgan fingerprint density at radius 2 is 2.23 bits per heavy atom. The predicted octanol–water partition coefficient (Wildman–Crippen LogP) is 4.19. The lowest BCUT2D eigenvalue weighted by molar-refractivity contribution is 0.568. The van der Waals surface area contributed by atoms with Gasteiger partial charge in [0, 0.05) is 42.7 Å². The second-order valence-electron chi connectivity index (χ2n) is 5.62. The fourth-order valence-corrected chi connectivity index (χ4v) is 2.48. The quantitative estimate of drug-likeness (QED) is 0.464. The number of imidazole rings is 1. The van der Waals surface area contributed by atoms with Gasteiger partial charge in [-0.3, -0.25) is 0 Å². The number of anilines is 1. The third kappa shape index (κ3) is 4.36. The SMILES string of the molecule is C=C/C=C(\C=C)c1nc(NCCCn2ccnc2)cc(-c2ccoc2)n1. The van der Waals surface area contributed by atoms with Crippen molar-refractivity contribution in [2.45, 2.75) is 13.0 Å². The van der Waals surface area contributed by atoms with E-state index in [1.165, 1.54) is 0 Å². The molecule has 0 bridgehead atoms. The summed E-state index contributed by atoms with van der Waals surface area (Å²) in [6.07, 6.45) is 15.1. The maximum Gasteiger partial charge on any atom is 0.162 e. The van der Waals surface area contributed by atoms with Gasteiger partial charge in [0.05, 0.1) is 24.5 Å². The minimum absolute atomic E-state index is 0.593. The largest absolute Gasteiger partial charge is 0.472 e. The topological polar surface area (TPSA) is 68.8 Å². The molecule has 0 atom stereocenters. The Morgan fingerprint density at radius 3 is 2.92 bits per heavy atom. The molecule has 3 rings (SSSR count). The molecule has 0 aromatic carbocycles. The number of allylic oxidation sites excluding steroid dienone is 4. The molecule has 0 fully saturated rings. The number of aryl methyl sites for hydroxylation is 1. The first-order chi connectivity index (χ1) is 12.8. The van der Waals surface area contributed by atoms with Crippen LogP contribution >= 0.6 is 0 Å². The number of nitrogens with zero attached hydrogens (tertiary/aromatic N) is 4. The first kappa shape index (κ1) is 17.4. The van der Waals surface area contributed by atoms with Crippen LogP contribution in [0.3, 0.4) is 0 Å². The summed E-state index contributed by atoms with van der Waals surface area (Å²) in [5.74, 6) is 1.35. The van der Waals surface area contributed by atoms with Gasteiger partial charge in [-0.15, -0.1) is 0 Å². The molecule has 132 valence electrons. The maximum atomic E-state index is 5.18. The molecule has 6 heteroatoms. The first-order valence-corrected chi connectivity index (χ1v) is 8.37. The average Bonchev–Trinajstić information content (AvgIpc) is 3.37. The Bertz CT molecular complexity index is 879. The van der Waals surface area contributed by atoms with Crippen LogP contribution in [0.1, 0.15) is 12.2 Å². The third-order valence-electron chi connectivity index (χ3n) is 3.78. The average molecular weight is 347 g/mol. The summed E-state index contributed by atoms with van der Waals surface area (Å²) < 4.78 is 7.23. The van der Waals surface area contributed by atoms with Gasteiger partial charge in [0.1, 0.15) is 5.82 Å². The summed E-state index contributed by atoms with van der Waals surface area (Å²) in [4.78, 5) is 13.3. The van der Waals surface area contributed by atoms with Crippen LogP contribution < -0.4 is 5.32 Å². The highest BCUT2D eigenvalue weighted by atomic mass is 16.3. The van der Waals surface area contributed by atoms with Gasteiger partial charge in [0.25, 0.3) is 0 Å². The molecule has 3 aromatic heterocycles. The van der Waals surface area contributed by atoms with E-state index < -0.39 is 0 Å². The minimum atomic E-state index is 0.593. The minimum Gasteiger partial charge on any atom is -0.472 e. The summed E-state index contributed by atoms with van der Waals surface area (Å²) in [5, 5.41) is 3.37. The number of aromatic nitrogens is 4. The van der Waals surface area contributed by atoms with Crippen LogP contribution in [0.5, 0.6) is 0 Å². The van der Waals surface area contributed by atoms with Crippen LogP contribution in [0.25, 0.3) is 16.8 Å². The van der Waals surface area contributed by atoms with E-state index in [0.29, 0.717) is 5.82 Å². The highest BCUT2D eigenvalue weighted by Crippen LogP contribution is 2.23. The monoisotopic (exact) mass is 347 g/mol. The zero-order valence-corrected chi connectivity index (χ0v) is 14.5. The lowest BCUT2D eigenvalue weighted by Gasteiger charge is -2.10. The Labute approximate surface area is 152 Å². The molecule has 0 unspecified atom stereocenters. The van der Waals surface area contributed by atoms with Crippen LogP contribution in [0.15, 0.2) is 79.2 Å². The predicted molar refractivity (Wildman–Crippen MR) is 103 cm³/mol. The molecule has 1 N–H and O–H groups in total. The van der Waals surface area contributed by atoms with Crippen molar-refractivity contribution in [2.24, 2.45) is 0 Å². The molecule has 0 aliphatic rings. The summed E-state index contributed by atoms with van der Waals surface area (Å²) in [6.45, 7) is 9.26. The Morgan fingerprint density at radius 1 is 1.31 bits per heavy atom. The van der Waals surface area contributed by atoms with Crippen molar-refractivity contribution in [3.63, 3.8) is 0 Å². The molecule has 0 aliphatic carbocycles. The van der Waals surface area contributed by atoms with Crippen molar-refractivity contribution in [1.29, 1.82) is 0 Å². The number of rotatable bonds is 9. The van der Waals surface area contributed by atoms with Crippen molar-refractivity contribution in [3.8, 4) is 11.3 Å². The molecule has 0 saturated heterocycles. The van der Waals surface area contributed by atoms with Gasteiger partial charge < -0.3 is 14.3 Å². The smallest absolute Gasteiger partial charge is 0.162 e. The van der Waals surface area contributed by atoms with Crippen molar-refractivity contribution >= 4 is 11.4 Å². The Kier molecular flexibility index (Phi) is 5.77. The van der Waals surface area contributed by atoms with Crippen LogP contribution in [-0.4, -0.2) is 26.1 Å². The molecule has 0 amide bonds. The van der Waals surface area contributed by atoms with Crippen molar-refractivity contribution in [3.05, 3.63) is 80.6 Å². The summed E-state index contributed by atoms with van der Waals surface area (Å²) in [6, 6.07) is 3.79. The molecule has 6 nitrogen and oxygen atoms in total. The zero-order chi connectivity index (χ0) is 18.2. The van der Waals surface area contributed by atoms with Gasteiger partial charge >= 0.3 is 0 Å². The van der Waals surface area contributed by atoms with Crippen molar-refractivity contribution in [1.82, 2.24) is 19.5 Å². The molecule has 0 saturated carbocycles. The van der Waals surface area contributed by atoms with Crippen LogP contribution in [-0.2, 0) is 6.54 Å². The highest BCUT2D eigenvalue weighted by molar-refractivity contribution is 5.73. The Hall–Kier alpha value is -3.41. The van der Waals surface area contributed by atoms with Gasteiger partial charge in [0.2, 0.25) is 0 Å². The van der Waals surface area contributed by atoms with E-state index in [4.69, 9.17) is 4.42 Å². The standard InChI is InChI=1S/C20H21N5O/c1-3-6-16(4-2)20-23-18(17-7-12-26-14-17)13-19(24-20)22-8-5-10-25-11-9-21-15-25/h3-4,6-7,9,11-15H,1-2,5,8,10H2,(H,22,23,24)/b16-6+. The highest BCUT2D eigenvalue weighted by Gasteiger charge is 2.09. The third-order valence-corrected chi connectivity index (χ3v) is 3.78. The molecule has 26 heavy (non-hydrogen) atoms. The molecular formula is C20H21N5O. The van der Waals surface area contributed by atoms with Crippen molar-refractivity contribution < 1.29 is 4.42 Å². The van der Waals surface area contributed by atoms with Crippen LogP contribution in [0, 0.1) is 0 Å². The molecular weight excluding hydrogens is 326 g/mol. The number of hydrogen-bond donors (Lipinski definition) is 1. The zero-order valence-electron chi connectivity index (χ0n) is 14.5. The summed E-state index contributed by atoms with van der Waals surface area (Å²) in [5.41, 5.74) is 2.50. The van der Waals surface area contributed by atoms with E-state index in [0.717, 1.165) is 42.2 Å². The number of furan rings is 1. The summed E-state index contributed by atoms with van der Waals surface area (Å²) >= 11 is 0. The normalized spacial score (nSPS) is 11.3. The lowest BCUT2D eigenvalue weighted by Crippen LogP contribution is -2.08. The van der Waals surface area contributed by atoms with E-state index >= 15 is 0 Å². The van der Waals surface area contributed by atoms with Crippen LogP contribution in [0.4, 0.5) is 5.82 Å². The molecule has 3 aromatic rings. The van der Waals surface area contributed by atoms with Gasteiger partial charge in [-0.25, -0.2) is 15.0 Å². The number of hydrogen-bond acceptors (Lipinski definition) is 5. The fourth-order valence-electron chi connectivity index (χ4n) is 2.48. The second kappa shape index (κ2) is 8.62. The van der Waals surface area contributed by atoms with Crippen molar-refractivity contribution in [2.75, 3.05) is 11.9 Å². The van der Waals surface area contributed by atoms with Gasteiger partial charge in [-0.2, -0.15) is 0 Å². The van der Waals surface area contributed by atoms with Gasteiger partial charge in [-0.1, -0.05) is 31.4 Å². The van der Waals surface area contributed by atoms with E-state index in [1.54, 1.807) is 30.9 Å². The van der Waals surface area contributed by atoms with Crippen LogP contribution in [0.2, 0.25) is 0 Å². The number of nitrogens with one attached hydrogen (secondary N) is 1. The molecule has 3 heterocycles.